The molecule has 1 aromatic heterocycles. The molecule has 4 heteroatoms. The van der Waals surface area contributed by atoms with Crippen molar-refractivity contribution in [3.8, 4) is 0 Å². The van der Waals surface area contributed by atoms with Crippen molar-refractivity contribution in [2.45, 2.75) is 46.6 Å². The Morgan fingerprint density at radius 2 is 1.89 bits per heavy atom. The maximum atomic E-state index is 6.11. The van der Waals surface area contributed by atoms with Crippen molar-refractivity contribution < 1.29 is 0 Å². The largest absolute Gasteiger partial charge is 0.396 e. The summed E-state index contributed by atoms with van der Waals surface area (Å²) in [5.74, 6) is 0.602. The first-order chi connectivity index (χ1) is 8.51. The number of nitrogens with zero attached hydrogens (tertiary/aromatic N) is 2. The first-order valence-electron chi connectivity index (χ1n) is 6.66. The molecule has 0 amide bonds. The number of pyridine rings is 1. The summed E-state index contributed by atoms with van der Waals surface area (Å²) in [6, 6.07) is 0.522. The lowest BCUT2D eigenvalue weighted by molar-refractivity contribution is 0.507. The zero-order valence-electron chi connectivity index (χ0n) is 11.8. The molecule has 1 aromatic rings. The van der Waals surface area contributed by atoms with Crippen molar-refractivity contribution in [3.63, 3.8) is 0 Å². The average molecular weight is 314 g/mol. The number of hydrogen-bond donors (Lipinski definition) is 1. The normalized spacial score (nSPS) is 11.3. The minimum Gasteiger partial charge on any atom is -0.396 e. The summed E-state index contributed by atoms with van der Waals surface area (Å²) in [5.41, 5.74) is 7.95. The summed E-state index contributed by atoms with van der Waals surface area (Å²) in [6.07, 6.45) is 5.80. The Labute approximate surface area is 119 Å². The van der Waals surface area contributed by atoms with E-state index in [2.05, 4.69) is 53.5 Å². The number of aromatic nitrogens is 1. The molecular formula is C14H24BrN3. The highest BCUT2D eigenvalue weighted by molar-refractivity contribution is 9.10. The van der Waals surface area contributed by atoms with Crippen molar-refractivity contribution in [2.75, 3.05) is 17.2 Å². The molecule has 1 rings (SSSR count). The van der Waals surface area contributed by atoms with Crippen molar-refractivity contribution in [2.24, 2.45) is 5.92 Å². The molecule has 0 spiro atoms. The number of anilines is 2. The number of halogens is 1. The van der Waals surface area contributed by atoms with Crippen LogP contribution in [-0.4, -0.2) is 17.6 Å². The average Bonchev–Trinajstić information content (AvgIpc) is 2.29. The summed E-state index contributed by atoms with van der Waals surface area (Å²) in [5, 5.41) is 0. The lowest BCUT2D eigenvalue weighted by Crippen LogP contribution is -2.38. The zero-order valence-corrected chi connectivity index (χ0v) is 13.4. The van der Waals surface area contributed by atoms with E-state index in [4.69, 9.17) is 5.73 Å². The van der Waals surface area contributed by atoms with E-state index in [-0.39, 0.29) is 0 Å². The van der Waals surface area contributed by atoms with Crippen LogP contribution in [0.2, 0.25) is 0 Å². The highest BCUT2D eigenvalue weighted by atomic mass is 79.9. The molecule has 0 saturated heterocycles. The standard InChI is InChI=1S/C14H24BrN3/c1-5-11(6-2)18(9-10(3)4)14-12(15)7-17-8-13(14)16/h7-8,10-11H,5-6,9,16H2,1-4H3. The molecule has 18 heavy (non-hydrogen) atoms. The highest BCUT2D eigenvalue weighted by Crippen LogP contribution is 2.34. The number of hydrogen-bond acceptors (Lipinski definition) is 3. The van der Waals surface area contributed by atoms with E-state index in [1.807, 2.05) is 6.20 Å². The van der Waals surface area contributed by atoms with Gasteiger partial charge in [0.2, 0.25) is 0 Å². The molecule has 0 atom stereocenters. The number of nitrogens with two attached hydrogens (primary N) is 1. The molecule has 0 fully saturated rings. The third kappa shape index (κ3) is 3.61. The molecule has 0 aliphatic heterocycles. The molecule has 0 aliphatic carbocycles. The topological polar surface area (TPSA) is 42.1 Å². The first-order valence-corrected chi connectivity index (χ1v) is 7.46. The van der Waals surface area contributed by atoms with Gasteiger partial charge in [0, 0.05) is 18.8 Å². The number of rotatable bonds is 6. The van der Waals surface area contributed by atoms with E-state index >= 15 is 0 Å². The Kier molecular flexibility index (Phi) is 5.93. The summed E-state index contributed by atoms with van der Waals surface area (Å²) >= 11 is 3.58. The van der Waals surface area contributed by atoms with Crippen molar-refractivity contribution in [3.05, 3.63) is 16.9 Å². The predicted molar refractivity (Wildman–Crippen MR) is 82.9 cm³/mol. The monoisotopic (exact) mass is 313 g/mol. The van der Waals surface area contributed by atoms with Gasteiger partial charge in [-0.05, 0) is 34.7 Å². The van der Waals surface area contributed by atoms with Gasteiger partial charge in [-0.15, -0.1) is 0 Å². The third-order valence-corrected chi connectivity index (χ3v) is 3.71. The summed E-state index contributed by atoms with van der Waals surface area (Å²) in [7, 11) is 0. The fourth-order valence-electron chi connectivity index (χ4n) is 2.29. The van der Waals surface area contributed by atoms with Gasteiger partial charge in [-0.2, -0.15) is 0 Å². The second-order valence-corrected chi connectivity index (χ2v) is 5.93. The van der Waals surface area contributed by atoms with E-state index < -0.39 is 0 Å². The van der Waals surface area contributed by atoms with Gasteiger partial charge in [0.15, 0.2) is 0 Å². The van der Waals surface area contributed by atoms with Crippen LogP contribution in [0.25, 0.3) is 0 Å². The maximum absolute atomic E-state index is 6.11. The molecule has 3 nitrogen and oxygen atoms in total. The first kappa shape index (κ1) is 15.3. The lowest BCUT2D eigenvalue weighted by atomic mass is 10.1. The van der Waals surface area contributed by atoms with Crippen LogP contribution >= 0.6 is 15.9 Å². The molecule has 1 heterocycles. The third-order valence-electron chi connectivity index (χ3n) is 3.13. The highest BCUT2D eigenvalue weighted by Gasteiger charge is 2.21. The molecule has 0 aliphatic rings. The van der Waals surface area contributed by atoms with Gasteiger partial charge in [-0.3, -0.25) is 4.98 Å². The molecular weight excluding hydrogens is 290 g/mol. The van der Waals surface area contributed by atoms with E-state index in [1.165, 1.54) is 0 Å². The molecule has 0 aromatic carbocycles. The van der Waals surface area contributed by atoms with E-state index in [1.54, 1.807) is 6.20 Å². The smallest absolute Gasteiger partial charge is 0.0778 e. The predicted octanol–water partition coefficient (Wildman–Crippen LogP) is 4.08. The molecule has 102 valence electrons. The van der Waals surface area contributed by atoms with Crippen LogP contribution < -0.4 is 10.6 Å². The molecule has 0 saturated carbocycles. The van der Waals surface area contributed by atoms with Crippen LogP contribution in [0.1, 0.15) is 40.5 Å². The van der Waals surface area contributed by atoms with E-state index in [0.29, 0.717) is 12.0 Å². The summed E-state index contributed by atoms with van der Waals surface area (Å²) in [6.45, 7) is 9.94. The molecule has 0 unspecified atom stereocenters. The fourth-order valence-corrected chi connectivity index (χ4v) is 2.87. The SMILES string of the molecule is CCC(CC)N(CC(C)C)c1c(N)cncc1Br. The minimum atomic E-state index is 0.522. The van der Waals surface area contributed by atoms with Gasteiger partial charge in [-0.25, -0.2) is 0 Å². The van der Waals surface area contributed by atoms with Crippen molar-refractivity contribution in [1.82, 2.24) is 4.98 Å². The van der Waals surface area contributed by atoms with Crippen molar-refractivity contribution >= 4 is 27.3 Å². The van der Waals surface area contributed by atoms with Crippen molar-refractivity contribution in [1.29, 1.82) is 0 Å². The summed E-state index contributed by atoms with van der Waals surface area (Å²) in [4.78, 5) is 6.54. The van der Waals surface area contributed by atoms with Crippen LogP contribution in [-0.2, 0) is 0 Å². The maximum Gasteiger partial charge on any atom is 0.0778 e. The van der Waals surface area contributed by atoms with Gasteiger partial charge in [0.05, 0.1) is 22.0 Å². The lowest BCUT2D eigenvalue weighted by Gasteiger charge is -2.35. The van der Waals surface area contributed by atoms with Gasteiger partial charge in [0.25, 0.3) is 0 Å². The Balaban J connectivity index is 3.16. The summed E-state index contributed by atoms with van der Waals surface area (Å²) < 4.78 is 0.982. The molecule has 0 bridgehead atoms. The van der Waals surface area contributed by atoms with E-state index in [9.17, 15) is 0 Å². The molecule has 0 radical (unpaired) electrons. The number of nitrogen functional groups attached to an aromatic ring is 1. The van der Waals surface area contributed by atoms with Crippen LogP contribution in [0, 0.1) is 5.92 Å². The second kappa shape index (κ2) is 6.98. The molecule has 2 N–H and O–H groups in total. The van der Waals surface area contributed by atoms with Gasteiger partial charge >= 0.3 is 0 Å². The minimum absolute atomic E-state index is 0.522. The Morgan fingerprint density at radius 3 is 2.33 bits per heavy atom. The quantitative estimate of drug-likeness (QED) is 0.860. The Morgan fingerprint density at radius 1 is 1.28 bits per heavy atom. The zero-order chi connectivity index (χ0) is 13.7. The Bertz CT molecular complexity index is 355. The van der Waals surface area contributed by atoms with Gasteiger partial charge in [0.1, 0.15) is 0 Å². The van der Waals surface area contributed by atoms with E-state index in [0.717, 1.165) is 35.2 Å². The van der Waals surface area contributed by atoms with Gasteiger partial charge in [-0.1, -0.05) is 27.7 Å². The van der Waals surface area contributed by atoms with Gasteiger partial charge < -0.3 is 10.6 Å². The van der Waals surface area contributed by atoms with Crippen LogP contribution in [0.5, 0.6) is 0 Å². The van der Waals surface area contributed by atoms with Crippen LogP contribution in [0.15, 0.2) is 16.9 Å². The second-order valence-electron chi connectivity index (χ2n) is 5.08. The fraction of sp³-hybridized carbons (Fsp3) is 0.643. The van der Waals surface area contributed by atoms with Crippen LogP contribution in [0.3, 0.4) is 0 Å². The van der Waals surface area contributed by atoms with Crippen LogP contribution in [0.4, 0.5) is 11.4 Å². The Hall–Kier alpha value is -0.770.